The number of nitrogens with zero attached hydrogens (tertiary/aromatic N) is 1. The van der Waals surface area contributed by atoms with Crippen LogP contribution in [-0.4, -0.2) is 0 Å². The molecule has 1 fully saturated rings. The molecule has 78 valence electrons. The lowest BCUT2D eigenvalue weighted by molar-refractivity contribution is 0.858. The predicted octanol–water partition coefficient (Wildman–Crippen LogP) is 3.75. The molecule has 0 aliphatic heterocycles. The van der Waals surface area contributed by atoms with Crippen molar-refractivity contribution in [1.29, 1.82) is 5.26 Å². The van der Waals surface area contributed by atoms with Crippen LogP contribution in [-0.2, 0) is 0 Å². The summed E-state index contributed by atoms with van der Waals surface area (Å²) in [6.45, 7) is 6.57. The van der Waals surface area contributed by atoms with Gasteiger partial charge in [0.25, 0.3) is 0 Å². The molecule has 2 unspecified atom stereocenters. The average Bonchev–Trinajstić information content (AvgIpc) is 2.97. The Hall–Kier alpha value is -1.29. The zero-order valence-corrected chi connectivity index (χ0v) is 9.62. The molecule has 0 spiro atoms. The van der Waals surface area contributed by atoms with E-state index in [4.69, 9.17) is 5.26 Å². The van der Waals surface area contributed by atoms with E-state index in [1.165, 1.54) is 16.7 Å². The van der Waals surface area contributed by atoms with Crippen molar-refractivity contribution < 1.29 is 0 Å². The van der Waals surface area contributed by atoms with E-state index in [0.717, 1.165) is 6.42 Å². The molecule has 1 saturated carbocycles. The van der Waals surface area contributed by atoms with Crippen molar-refractivity contribution in [3.05, 3.63) is 34.9 Å². The van der Waals surface area contributed by atoms with E-state index in [9.17, 15) is 0 Å². The Morgan fingerprint density at radius 3 is 2.67 bits per heavy atom. The molecule has 1 aromatic carbocycles. The second kappa shape index (κ2) is 3.70. The molecule has 0 radical (unpaired) electrons. The zero-order valence-electron chi connectivity index (χ0n) is 9.62. The van der Waals surface area contributed by atoms with E-state index in [-0.39, 0.29) is 5.92 Å². The van der Waals surface area contributed by atoms with Gasteiger partial charge in [-0.3, -0.25) is 0 Å². The van der Waals surface area contributed by atoms with Gasteiger partial charge in [0.15, 0.2) is 0 Å². The standard InChI is InChI=1S/C14H17N/c1-9(2)11-5-4-10(3)13(6-11)14-7-12(14)8-15/h4-6,9,12,14H,7H2,1-3H3. The van der Waals surface area contributed by atoms with Gasteiger partial charge in [0.05, 0.1) is 12.0 Å². The maximum Gasteiger partial charge on any atom is 0.0662 e. The molecule has 2 atom stereocenters. The second-order valence-electron chi connectivity index (χ2n) is 4.85. The maximum atomic E-state index is 8.86. The highest BCUT2D eigenvalue weighted by Gasteiger charge is 2.39. The van der Waals surface area contributed by atoms with Crippen molar-refractivity contribution in [3.8, 4) is 6.07 Å². The Balaban J connectivity index is 2.31. The molecule has 2 rings (SSSR count). The van der Waals surface area contributed by atoms with Crippen LogP contribution >= 0.6 is 0 Å². The Labute approximate surface area is 91.7 Å². The first-order valence-corrected chi connectivity index (χ1v) is 5.63. The normalized spacial score (nSPS) is 23.9. The van der Waals surface area contributed by atoms with Crippen LogP contribution in [0, 0.1) is 24.2 Å². The Bertz CT molecular complexity index is 412. The fourth-order valence-corrected chi connectivity index (χ4v) is 2.10. The lowest BCUT2D eigenvalue weighted by Gasteiger charge is -2.10. The van der Waals surface area contributed by atoms with Crippen LogP contribution in [0.5, 0.6) is 0 Å². The molecule has 1 aromatic rings. The molecule has 0 bridgehead atoms. The molecule has 15 heavy (non-hydrogen) atoms. The summed E-state index contributed by atoms with van der Waals surface area (Å²) in [6, 6.07) is 9.05. The molecule has 1 nitrogen and oxygen atoms in total. The van der Waals surface area contributed by atoms with Crippen molar-refractivity contribution in [1.82, 2.24) is 0 Å². The van der Waals surface area contributed by atoms with Crippen LogP contribution in [0.3, 0.4) is 0 Å². The first-order chi connectivity index (χ1) is 7.13. The highest BCUT2D eigenvalue weighted by atomic mass is 14.4. The van der Waals surface area contributed by atoms with E-state index in [1.807, 2.05) is 0 Å². The fraction of sp³-hybridized carbons (Fsp3) is 0.500. The summed E-state index contributed by atoms with van der Waals surface area (Å²) in [5, 5.41) is 8.86. The largest absolute Gasteiger partial charge is 0.198 e. The lowest BCUT2D eigenvalue weighted by atomic mass is 9.95. The fourth-order valence-electron chi connectivity index (χ4n) is 2.10. The van der Waals surface area contributed by atoms with E-state index >= 15 is 0 Å². The smallest absolute Gasteiger partial charge is 0.0662 e. The van der Waals surface area contributed by atoms with Gasteiger partial charge in [-0.2, -0.15) is 5.26 Å². The minimum Gasteiger partial charge on any atom is -0.198 e. The summed E-state index contributed by atoms with van der Waals surface area (Å²) in [5.41, 5.74) is 4.12. The summed E-state index contributed by atoms with van der Waals surface area (Å²) in [5.74, 6) is 1.35. The molecule has 1 aliphatic rings. The monoisotopic (exact) mass is 199 g/mol. The van der Waals surface area contributed by atoms with Gasteiger partial charge in [0.1, 0.15) is 0 Å². The van der Waals surface area contributed by atoms with Gasteiger partial charge < -0.3 is 0 Å². The third kappa shape index (κ3) is 1.90. The van der Waals surface area contributed by atoms with Gasteiger partial charge in [-0.1, -0.05) is 32.0 Å². The third-order valence-corrected chi connectivity index (χ3v) is 3.33. The topological polar surface area (TPSA) is 23.8 Å². The minimum absolute atomic E-state index is 0.270. The van der Waals surface area contributed by atoms with Crippen LogP contribution in [0.15, 0.2) is 18.2 Å². The number of rotatable bonds is 2. The van der Waals surface area contributed by atoms with E-state index in [1.54, 1.807) is 0 Å². The Morgan fingerprint density at radius 2 is 2.13 bits per heavy atom. The lowest BCUT2D eigenvalue weighted by Crippen LogP contribution is -1.93. The van der Waals surface area contributed by atoms with Gasteiger partial charge in [-0.05, 0) is 36.0 Å². The first-order valence-electron chi connectivity index (χ1n) is 5.63. The molecule has 1 aliphatic carbocycles. The van der Waals surface area contributed by atoms with E-state index in [2.05, 4.69) is 45.0 Å². The number of hydrogen-bond donors (Lipinski definition) is 0. The van der Waals surface area contributed by atoms with Gasteiger partial charge in [-0.15, -0.1) is 0 Å². The van der Waals surface area contributed by atoms with Crippen molar-refractivity contribution in [2.45, 2.75) is 39.0 Å². The summed E-state index contributed by atoms with van der Waals surface area (Å²) >= 11 is 0. The van der Waals surface area contributed by atoms with Crippen molar-refractivity contribution in [2.75, 3.05) is 0 Å². The zero-order chi connectivity index (χ0) is 11.0. The number of aryl methyl sites for hydroxylation is 1. The van der Waals surface area contributed by atoms with E-state index in [0.29, 0.717) is 11.8 Å². The molecule has 0 saturated heterocycles. The van der Waals surface area contributed by atoms with Crippen LogP contribution in [0.25, 0.3) is 0 Å². The Morgan fingerprint density at radius 1 is 1.40 bits per heavy atom. The van der Waals surface area contributed by atoms with Crippen molar-refractivity contribution in [3.63, 3.8) is 0 Å². The number of nitriles is 1. The maximum absolute atomic E-state index is 8.86. The van der Waals surface area contributed by atoms with Gasteiger partial charge in [0.2, 0.25) is 0 Å². The number of hydrogen-bond acceptors (Lipinski definition) is 1. The number of benzene rings is 1. The third-order valence-electron chi connectivity index (χ3n) is 3.33. The van der Waals surface area contributed by atoms with Crippen LogP contribution in [0.4, 0.5) is 0 Å². The summed E-state index contributed by atoms with van der Waals surface area (Å²) in [4.78, 5) is 0. The van der Waals surface area contributed by atoms with Gasteiger partial charge >= 0.3 is 0 Å². The van der Waals surface area contributed by atoms with Crippen molar-refractivity contribution >= 4 is 0 Å². The molecular weight excluding hydrogens is 182 g/mol. The minimum atomic E-state index is 0.270. The molecule has 0 N–H and O–H groups in total. The van der Waals surface area contributed by atoms with E-state index < -0.39 is 0 Å². The Kier molecular flexibility index (Phi) is 2.52. The van der Waals surface area contributed by atoms with Crippen LogP contribution in [0.1, 0.15) is 48.8 Å². The molecule has 0 heterocycles. The summed E-state index contributed by atoms with van der Waals surface area (Å²) in [6.07, 6.45) is 1.05. The summed E-state index contributed by atoms with van der Waals surface area (Å²) < 4.78 is 0. The second-order valence-corrected chi connectivity index (χ2v) is 4.85. The summed E-state index contributed by atoms with van der Waals surface area (Å²) in [7, 11) is 0. The first kappa shape index (κ1) is 10.2. The van der Waals surface area contributed by atoms with Crippen LogP contribution in [0.2, 0.25) is 0 Å². The quantitative estimate of drug-likeness (QED) is 0.711. The molecule has 1 heteroatoms. The molecule has 0 amide bonds. The van der Waals surface area contributed by atoms with Crippen molar-refractivity contribution in [2.24, 2.45) is 5.92 Å². The highest BCUT2D eigenvalue weighted by molar-refractivity contribution is 5.39. The predicted molar refractivity (Wildman–Crippen MR) is 61.7 cm³/mol. The van der Waals surface area contributed by atoms with Gasteiger partial charge in [-0.25, -0.2) is 0 Å². The molecular formula is C14H17N. The highest BCUT2D eigenvalue weighted by Crippen LogP contribution is 2.48. The van der Waals surface area contributed by atoms with Gasteiger partial charge in [0, 0.05) is 5.92 Å². The SMILES string of the molecule is Cc1ccc(C(C)C)cc1C1CC1C#N. The van der Waals surface area contributed by atoms with Crippen LogP contribution < -0.4 is 0 Å². The average molecular weight is 199 g/mol. The molecule has 0 aromatic heterocycles.